The molecule has 0 spiro atoms. The number of aromatic nitrogens is 2. The third kappa shape index (κ3) is 4.68. The lowest BCUT2D eigenvalue weighted by atomic mass is 9.94. The van der Waals surface area contributed by atoms with E-state index in [1.807, 2.05) is 5.32 Å². The number of fused-ring (bicyclic) bond motifs is 1. The lowest BCUT2D eigenvalue weighted by Crippen LogP contribution is -2.49. The highest BCUT2D eigenvalue weighted by Crippen LogP contribution is 2.51. The first-order valence-corrected chi connectivity index (χ1v) is 10.2. The molecular weight excluding hydrogens is 494 g/mol. The van der Waals surface area contributed by atoms with Crippen molar-refractivity contribution in [3.63, 3.8) is 0 Å². The molecule has 35 heavy (non-hydrogen) atoms. The molecule has 0 bridgehead atoms. The summed E-state index contributed by atoms with van der Waals surface area (Å²) in [7, 11) is 0. The molecule has 2 N–H and O–H groups in total. The Hall–Kier alpha value is -3.23. The van der Waals surface area contributed by atoms with E-state index >= 15 is 0 Å². The Bertz CT molecular complexity index is 1140. The second kappa shape index (κ2) is 8.46. The SMILES string of the molecule is C[C@H]1CN(c2cc(C(F)(F)F)cc(-c3ccnc4c3C(C(F)(F)C(F)(F)F)OC(=O)N4)n2)CCN1. The quantitative estimate of drug-likeness (QED) is 0.579. The summed E-state index contributed by atoms with van der Waals surface area (Å²) in [5, 5.41) is 5.02. The van der Waals surface area contributed by atoms with Gasteiger partial charge in [0, 0.05) is 37.4 Å². The molecule has 0 aliphatic carbocycles. The van der Waals surface area contributed by atoms with Crippen LogP contribution in [0.3, 0.4) is 0 Å². The number of cyclic esters (lactones) is 1. The van der Waals surface area contributed by atoms with Crippen LogP contribution in [0.1, 0.15) is 24.2 Å². The zero-order valence-electron chi connectivity index (χ0n) is 17.8. The molecule has 2 aromatic heterocycles. The number of alkyl halides is 8. The molecule has 7 nitrogen and oxygen atoms in total. The Morgan fingerprint density at radius 2 is 1.83 bits per heavy atom. The van der Waals surface area contributed by atoms with Crippen molar-refractivity contribution in [2.24, 2.45) is 0 Å². The zero-order valence-corrected chi connectivity index (χ0v) is 17.8. The maximum absolute atomic E-state index is 14.4. The van der Waals surface area contributed by atoms with Gasteiger partial charge in [0.15, 0.2) is 0 Å². The molecule has 190 valence electrons. The molecule has 4 heterocycles. The maximum Gasteiger partial charge on any atom is 0.457 e. The molecule has 1 unspecified atom stereocenters. The van der Waals surface area contributed by atoms with Gasteiger partial charge in [0.05, 0.1) is 16.8 Å². The topological polar surface area (TPSA) is 79.4 Å². The first-order chi connectivity index (χ1) is 16.2. The summed E-state index contributed by atoms with van der Waals surface area (Å²) in [6.07, 6.45) is -14.9. The number of nitrogens with zero attached hydrogens (tertiary/aromatic N) is 3. The number of carbonyl (C=O) groups is 1. The van der Waals surface area contributed by atoms with Crippen LogP contribution in [0.2, 0.25) is 0 Å². The molecule has 0 radical (unpaired) electrons. The number of pyridine rings is 2. The third-order valence-electron chi connectivity index (χ3n) is 5.51. The van der Waals surface area contributed by atoms with E-state index in [4.69, 9.17) is 0 Å². The number of carbonyl (C=O) groups excluding carboxylic acids is 1. The van der Waals surface area contributed by atoms with Gasteiger partial charge in [-0.2, -0.15) is 35.1 Å². The standard InChI is InChI=1S/C20H17F8N5O2/c1-9-8-33(5-4-29-9)13-7-10(19(23,24)25)6-12(31-13)11-2-3-30-16-14(11)15(35-17(34)32-16)18(21,22)20(26,27)28/h2-3,6-7,9,15,29H,4-5,8H2,1H3,(H,30,32,34)/t9-,15?/m0/s1. The molecule has 1 saturated heterocycles. The summed E-state index contributed by atoms with van der Waals surface area (Å²) in [6.45, 7) is 2.78. The van der Waals surface area contributed by atoms with Crippen LogP contribution in [-0.2, 0) is 10.9 Å². The highest BCUT2D eigenvalue weighted by atomic mass is 19.4. The van der Waals surface area contributed by atoms with Gasteiger partial charge >= 0.3 is 24.4 Å². The van der Waals surface area contributed by atoms with Crippen LogP contribution >= 0.6 is 0 Å². The van der Waals surface area contributed by atoms with Gasteiger partial charge in [-0.15, -0.1) is 0 Å². The first kappa shape index (κ1) is 24.9. The Morgan fingerprint density at radius 3 is 2.46 bits per heavy atom. The van der Waals surface area contributed by atoms with E-state index in [2.05, 4.69) is 20.0 Å². The van der Waals surface area contributed by atoms with Crippen LogP contribution in [0.15, 0.2) is 24.4 Å². The van der Waals surface area contributed by atoms with Crippen molar-refractivity contribution in [3.8, 4) is 11.3 Å². The van der Waals surface area contributed by atoms with Crippen molar-refractivity contribution in [2.75, 3.05) is 29.9 Å². The molecule has 1 fully saturated rings. The minimum Gasteiger partial charge on any atom is -0.434 e. The Morgan fingerprint density at radius 1 is 1.11 bits per heavy atom. The molecule has 2 aromatic rings. The van der Waals surface area contributed by atoms with Crippen LogP contribution in [0, 0.1) is 0 Å². The van der Waals surface area contributed by atoms with Gasteiger partial charge in [-0.05, 0) is 25.1 Å². The summed E-state index contributed by atoms with van der Waals surface area (Å²) in [6, 6.07) is 2.14. The van der Waals surface area contributed by atoms with E-state index in [9.17, 15) is 39.9 Å². The van der Waals surface area contributed by atoms with Crippen molar-refractivity contribution in [2.45, 2.75) is 37.3 Å². The minimum absolute atomic E-state index is 0.101. The third-order valence-corrected chi connectivity index (χ3v) is 5.51. The van der Waals surface area contributed by atoms with E-state index in [-0.39, 0.29) is 24.9 Å². The molecule has 2 aliphatic rings. The largest absolute Gasteiger partial charge is 0.457 e. The number of amides is 1. The molecular formula is C20H17F8N5O2. The van der Waals surface area contributed by atoms with Crippen LogP contribution in [0.5, 0.6) is 0 Å². The highest BCUT2D eigenvalue weighted by Gasteiger charge is 2.66. The van der Waals surface area contributed by atoms with Crippen LogP contribution in [0.4, 0.5) is 51.6 Å². The fourth-order valence-corrected chi connectivity index (χ4v) is 3.88. The normalized spacial score (nSPS) is 21.3. The Balaban J connectivity index is 1.92. The summed E-state index contributed by atoms with van der Waals surface area (Å²) >= 11 is 0. The number of hydrogen-bond acceptors (Lipinski definition) is 6. The van der Waals surface area contributed by atoms with Gasteiger partial charge in [0.1, 0.15) is 11.6 Å². The lowest BCUT2D eigenvalue weighted by molar-refractivity contribution is -0.314. The number of hydrogen-bond donors (Lipinski definition) is 2. The predicted octanol–water partition coefficient (Wildman–Crippen LogP) is 4.76. The Labute approximate surface area is 192 Å². The van der Waals surface area contributed by atoms with Crippen molar-refractivity contribution in [3.05, 3.63) is 35.5 Å². The minimum atomic E-state index is -6.14. The van der Waals surface area contributed by atoms with Crippen molar-refractivity contribution < 1.29 is 44.7 Å². The predicted molar refractivity (Wildman–Crippen MR) is 106 cm³/mol. The number of nitrogens with one attached hydrogen (secondary N) is 2. The van der Waals surface area contributed by atoms with Gasteiger partial charge in [-0.1, -0.05) is 0 Å². The van der Waals surface area contributed by atoms with E-state index in [0.717, 1.165) is 18.3 Å². The van der Waals surface area contributed by atoms with Crippen LogP contribution in [0.25, 0.3) is 11.3 Å². The summed E-state index contributed by atoms with van der Waals surface area (Å²) in [5.41, 5.74) is -3.20. The molecule has 1 amide bonds. The molecule has 0 aromatic carbocycles. The van der Waals surface area contributed by atoms with Gasteiger partial charge in [-0.3, -0.25) is 5.32 Å². The smallest absolute Gasteiger partial charge is 0.434 e. The number of piperazine rings is 1. The van der Waals surface area contributed by atoms with Crippen molar-refractivity contribution in [1.82, 2.24) is 15.3 Å². The molecule has 2 aliphatic heterocycles. The Kier molecular flexibility index (Phi) is 6.02. The molecule has 2 atom stereocenters. The molecule has 15 heteroatoms. The van der Waals surface area contributed by atoms with E-state index in [1.165, 1.54) is 4.90 Å². The van der Waals surface area contributed by atoms with Crippen LogP contribution in [-0.4, -0.2) is 53.8 Å². The average molecular weight is 511 g/mol. The summed E-state index contributed by atoms with van der Waals surface area (Å²) < 4.78 is 114. The van der Waals surface area contributed by atoms with Crippen molar-refractivity contribution in [1.29, 1.82) is 0 Å². The van der Waals surface area contributed by atoms with Gasteiger partial charge in [0.25, 0.3) is 0 Å². The number of anilines is 2. The van der Waals surface area contributed by atoms with E-state index in [1.54, 1.807) is 6.92 Å². The van der Waals surface area contributed by atoms with Gasteiger partial charge in [-0.25, -0.2) is 14.8 Å². The zero-order chi connectivity index (χ0) is 25.8. The molecule has 4 rings (SSSR count). The van der Waals surface area contributed by atoms with E-state index in [0.29, 0.717) is 12.6 Å². The van der Waals surface area contributed by atoms with Gasteiger partial charge < -0.3 is 15.0 Å². The van der Waals surface area contributed by atoms with Crippen molar-refractivity contribution >= 4 is 17.7 Å². The monoisotopic (exact) mass is 511 g/mol. The first-order valence-electron chi connectivity index (χ1n) is 10.2. The molecule has 0 saturated carbocycles. The summed E-state index contributed by atoms with van der Waals surface area (Å²) in [4.78, 5) is 21.0. The number of halogens is 8. The lowest BCUT2D eigenvalue weighted by Gasteiger charge is -2.34. The van der Waals surface area contributed by atoms with Crippen LogP contribution < -0.4 is 15.5 Å². The fraction of sp³-hybridized carbons (Fsp3) is 0.450. The number of rotatable bonds is 3. The van der Waals surface area contributed by atoms with Gasteiger partial charge in [0.2, 0.25) is 6.10 Å². The second-order valence-corrected chi connectivity index (χ2v) is 8.05. The number of ether oxygens (including phenoxy) is 1. The van der Waals surface area contributed by atoms with E-state index < -0.39 is 58.7 Å². The fourth-order valence-electron chi connectivity index (χ4n) is 3.88. The second-order valence-electron chi connectivity index (χ2n) is 8.05. The average Bonchev–Trinajstić information content (AvgIpc) is 2.76. The summed E-state index contributed by atoms with van der Waals surface area (Å²) in [5.74, 6) is -6.42. The highest BCUT2D eigenvalue weighted by molar-refractivity contribution is 5.89. The maximum atomic E-state index is 14.4.